The molecular formula is C23H27FN4OS. The van der Waals surface area contributed by atoms with E-state index in [1.54, 1.807) is 10.7 Å². The summed E-state index contributed by atoms with van der Waals surface area (Å²) in [5, 5.41) is 4.59. The molecule has 3 aromatic rings. The highest BCUT2D eigenvalue weighted by Crippen LogP contribution is 2.26. The predicted molar refractivity (Wildman–Crippen MR) is 120 cm³/mol. The van der Waals surface area contributed by atoms with Gasteiger partial charge in [-0.2, -0.15) is 0 Å². The van der Waals surface area contributed by atoms with E-state index in [9.17, 15) is 4.39 Å². The fraction of sp³-hybridized carbons (Fsp3) is 0.391. The van der Waals surface area contributed by atoms with Crippen molar-refractivity contribution in [1.82, 2.24) is 14.7 Å². The van der Waals surface area contributed by atoms with Gasteiger partial charge in [0.05, 0.1) is 12.4 Å². The molecule has 1 aliphatic heterocycles. The molecule has 0 radical (unpaired) electrons. The molecule has 7 heteroatoms. The van der Waals surface area contributed by atoms with Crippen LogP contribution in [0.3, 0.4) is 0 Å². The summed E-state index contributed by atoms with van der Waals surface area (Å²) in [6, 6.07) is 15.2. The summed E-state index contributed by atoms with van der Waals surface area (Å²) >= 11 is 5.39. The molecule has 1 saturated heterocycles. The number of nitrogens with zero attached hydrogens (tertiary/aromatic N) is 4. The Labute approximate surface area is 181 Å². The Morgan fingerprint density at radius 1 is 1.00 bits per heavy atom. The Kier molecular flexibility index (Phi) is 5.75. The van der Waals surface area contributed by atoms with Gasteiger partial charge < -0.3 is 9.32 Å². The average Bonchev–Trinajstić information content (AvgIpc) is 3.09. The predicted octanol–water partition coefficient (Wildman–Crippen LogP) is 5.09. The molecule has 2 aromatic carbocycles. The molecule has 4 rings (SSSR count). The first kappa shape index (κ1) is 20.8. The summed E-state index contributed by atoms with van der Waals surface area (Å²) < 4.78 is 21.5. The van der Waals surface area contributed by atoms with E-state index < -0.39 is 0 Å². The maximum Gasteiger partial charge on any atom is 0.288 e. The van der Waals surface area contributed by atoms with Gasteiger partial charge in [0.1, 0.15) is 5.82 Å². The van der Waals surface area contributed by atoms with Gasteiger partial charge in [0, 0.05) is 31.7 Å². The van der Waals surface area contributed by atoms with Gasteiger partial charge >= 0.3 is 0 Å². The summed E-state index contributed by atoms with van der Waals surface area (Å²) in [5.74, 6) is 0.359. The third-order valence-electron chi connectivity index (χ3n) is 5.50. The van der Waals surface area contributed by atoms with Gasteiger partial charge in [0.2, 0.25) is 5.89 Å². The van der Waals surface area contributed by atoms with E-state index in [0.717, 1.165) is 31.7 Å². The van der Waals surface area contributed by atoms with Crippen molar-refractivity contribution >= 4 is 17.9 Å². The van der Waals surface area contributed by atoms with Gasteiger partial charge in [-0.25, -0.2) is 9.07 Å². The SMILES string of the molecule is CC(C)(C)c1ccc(-c2nn(CN3CCN(c4ccccc4F)CC3)c(=S)o2)cc1. The molecule has 0 atom stereocenters. The minimum absolute atomic E-state index is 0.100. The van der Waals surface area contributed by atoms with Crippen molar-refractivity contribution in [3.8, 4) is 11.5 Å². The zero-order valence-corrected chi connectivity index (χ0v) is 18.5. The number of hydrogen-bond acceptors (Lipinski definition) is 5. The third kappa shape index (κ3) is 4.47. The first-order chi connectivity index (χ1) is 14.3. The van der Waals surface area contributed by atoms with E-state index in [-0.39, 0.29) is 11.2 Å². The minimum atomic E-state index is -0.174. The van der Waals surface area contributed by atoms with Gasteiger partial charge in [0.25, 0.3) is 4.84 Å². The molecule has 0 unspecified atom stereocenters. The van der Waals surface area contributed by atoms with Gasteiger partial charge in [-0.3, -0.25) is 4.90 Å². The van der Waals surface area contributed by atoms with Crippen LogP contribution in [0.5, 0.6) is 0 Å². The second-order valence-electron chi connectivity index (χ2n) is 8.70. The third-order valence-corrected chi connectivity index (χ3v) is 5.80. The molecule has 0 saturated carbocycles. The quantitative estimate of drug-likeness (QED) is 0.543. The van der Waals surface area contributed by atoms with Crippen molar-refractivity contribution in [2.75, 3.05) is 31.1 Å². The number of piperazine rings is 1. The number of hydrogen-bond donors (Lipinski definition) is 0. The van der Waals surface area contributed by atoms with Crippen LogP contribution in [-0.4, -0.2) is 40.9 Å². The molecule has 1 aliphatic rings. The van der Waals surface area contributed by atoms with E-state index in [4.69, 9.17) is 16.6 Å². The van der Waals surface area contributed by atoms with E-state index >= 15 is 0 Å². The topological polar surface area (TPSA) is 37.4 Å². The maximum atomic E-state index is 14.0. The van der Waals surface area contributed by atoms with E-state index in [1.807, 2.05) is 24.3 Å². The van der Waals surface area contributed by atoms with Gasteiger partial charge in [0.15, 0.2) is 0 Å². The molecule has 2 heterocycles. The Hall–Kier alpha value is -2.51. The molecule has 30 heavy (non-hydrogen) atoms. The average molecular weight is 427 g/mol. The lowest BCUT2D eigenvalue weighted by Gasteiger charge is -2.35. The van der Waals surface area contributed by atoms with Crippen molar-refractivity contribution in [2.45, 2.75) is 32.9 Å². The zero-order chi connectivity index (χ0) is 21.3. The number of anilines is 1. The number of para-hydroxylation sites is 1. The minimum Gasteiger partial charge on any atom is -0.409 e. The zero-order valence-electron chi connectivity index (χ0n) is 17.6. The number of aromatic nitrogens is 2. The molecule has 0 N–H and O–H groups in total. The second-order valence-corrected chi connectivity index (χ2v) is 9.05. The Balaban J connectivity index is 1.41. The Morgan fingerprint density at radius 2 is 1.67 bits per heavy atom. The lowest BCUT2D eigenvalue weighted by Crippen LogP contribution is -2.47. The van der Waals surface area contributed by atoms with Crippen LogP contribution in [0.25, 0.3) is 11.5 Å². The van der Waals surface area contributed by atoms with Crippen molar-refractivity contribution in [1.29, 1.82) is 0 Å². The smallest absolute Gasteiger partial charge is 0.288 e. The van der Waals surface area contributed by atoms with E-state index in [1.165, 1.54) is 11.6 Å². The monoisotopic (exact) mass is 426 g/mol. The molecule has 0 aliphatic carbocycles. The van der Waals surface area contributed by atoms with Gasteiger partial charge in [-0.1, -0.05) is 45.0 Å². The van der Waals surface area contributed by atoms with E-state index in [2.05, 4.69) is 47.8 Å². The molecule has 0 amide bonds. The number of rotatable bonds is 4. The molecule has 5 nitrogen and oxygen atoms in total. The van der Waals surface area contributed by atoms with Crippen molar-refractivity contribution < 1.29 is 8.81 Å². The van der Waals surface area contributed by atoms with Crippen LogP contribution in [-0.2, 0) is 12.1 Å². The van der Waals surface area contributed by atoms with Crippen molar-refractivity contribution in [3.05, 3.63) is 64.7 Å². The standard InChI is InChI=1S/C23H27FN4OS/c1-23(2,3)18-10-8-17(9-11-18)21-25-28(22(30)29-21)16-26-12-14-27(15-13-26)20-7-5-4-6-19(20)24/h4-11H,12-16H2,1-3H3. The van der Waals surface area contributed by atoms with Gasteiger partial charge in [-0.15, -0.1) is 5.10 Å². The first-order valence-corrected chi connectivity index (χ1v) is 10.6. The lowest BCUT2D eigenvalue weighted by molar-refractivity contribution is 0.192. The normalized spacial score (nSPS) is 15.5. The molecule has 158 valence electrons. The van der Waals surface area contributed by atoms with Crippen LogP contribution in [0.2, 0.25) is 0 Å². The second kappa shape index (κ2) is 8.32. The highest BCUT2D eigenvalue weighted by molar-refractivity contribution is 7.71. The van der Waals surface area contributed by atoms with Crippen LogP contribution >= 0.6 is 12.2 Å². The van der Waals surface area contributed by atoms with Gasteiger partial charge in [-0.05, 0) is 47.5 Å². The van der Waals surface area contributed by atoms with Crippen LogP contribution < -0.4 is 4.90 Å². The largest absolute Gasteiger partial charge is 0.409 e. The van der Waals surface area contributed by atoms with Crippen LogP contribution in [0, 0.1) is 10.7 Å². The maximum absolute atomic E-state index is 14.0. The highest BCUT2D eigenvalue weighted by atomic mass is 32.1. The summed E-state index contributed by atoms with van der Waals surface area (Å²) in [6.07, 6.45) is 0. The summed E-state index contributed by atoms with van der Waals surface area (Å²) in [4.78, 5) is 4.69. The van der Waals surface area contributed by atoms with Crippen LogP contribution in [0.4, 0.5) is 10.1 Å². The molecular weight excluding hydrogens is 399 g/mol. The van der Waals surface area contributed by atoms with Crippen LogP contribution in [0.1, 0.15) is 26.3 Å². The molecule has 1 fully saturated rings. The van der Waals surface area contributed by atoms with Crippen molar-refractivity contribution in [3.63, 3.8) is 0 Å². The molecule has 0 spiro atoms. The fourth-order valence-electron chi connectivity index (χ4n) is 3.65. The lowest BCUT2D eigenvalue weighted by atomic mass is 9.87. The Morgan fingerprint density at radius 3 is 2.30 bits per heavy atom. The highest BCUT2D eigenvalue weighted by Gasteiger charge is 2.21. The first-order valence-electron chi connectivity index (χ1n) is 10.2. The Bertz CT molecular complexity index is 1060. The van der Waals surface area contributed by atoms with Crippen LogP contribution in [0.15, 0.2) is 52.9 Å². The van der Waals surface area contributed by atoms with E-state index in [0.29, 0.717) is 23.1 Å². The number of halogens is 1. The summed E-state index contributed by atoms with van der Waals surface area (Å²) in [5.41, 5.74) is 2.94. The summed E-state index contributed by atoms with van der Waals surface area (Å²) in [6.45, 7) is 10.3. The van der Waals surface area contributed by atoms with Crippen molar-refractivity contribution in [2.24, 2.45) is 0 Å². The summed E-state index contributed by atoms with van der Waals surface area (Å²) in [7, 11) is 0. The number of benzene rings is 2. The molecule has 0 bridgehead atoms. The molecule has 1 aromatic heterocycles. The fourth-order valence-corrected chi connectivity index (χ4v) is 3.83.